The molecule has 0 spiro atoms. The molecular formula is C32H36O4. The van der Waals surface area contributed by atoms with Crippen molar-refractivity contribution in [3.63, 3.8) is 0 Å². The standard InChI is InChI=1S/C32H36O4/c1-3-35-31(34)30-28(20(2)33)27-16-25(9-10-26(27)29(30)24-7-5-4-6-8-24)36-12-11-32-17-21-13-22(18-32)15-23(14-21)19-32/h4-10,16,21-23,33H,3,11-15,17-19H2,1-2H3/b28-20+. The number of esters is 1. The number of ether oxygens (including phenoxy) is 2. The van der Waals surface area contributed by atoms with Crippen LogP contribution in [0.4, 0.5) is 0 Å². The number of allylic oxidation sites excluding steroid dienone is 1. The molecule has 5 aliphatic rings. The van der Waals surface area contributed by atoms with E-state index in [1.54, 1.807) is 13.8 Å². The Labute approximate surface area is 214 Å². The third kappa shape index (κ3) is 4.05. The van der Waals surface area contributed by atoms with Gasteiger partial charge in [0.05, 0.1) is 24.5 Å². The Morgan fingerprint density at radius 3 is 2.25 bits per heavy atom. The zero-order valence-electron chi connectivity index (χ0n) is 21.4. The van der Waals surface area contributed by atoms with Gasteiger partial charge in [-0.25, -0.2) is 4.79 Å². The van der Waals surface area contributed by atoms with Crippen LogP contribution in [0.25, 0.3) is 11.1 Å². The molecule has 4 heteroatoms. The molecule has 0 radical (unpaired) electrons. The van der Waals surface area contributed by atoms with Crippen LogP contribution in [0.15, 0.2) is 59.9 Å². The minimum atomic E-state index is -0.416. The molecule has 5 aliphatic carbocycles. The largest absolute Gasteiger partial charge is 0.512 e. The number of carbonyl (C=O) groups excluding carboxylic acids is 1. The number of benzene rings is 2. The zero-order valence-corrected chi connectivity index (χ0v) is 21.4. The molecule has 4 bridgehead atoms. The number of aliphatic hydroxyl groups is 1. The second-order valence-corrected chi connectivity index (χ2v) is 11.5. The average Bonchev–Trinajstić information content (AvgIpc) is 3.19. The van der Waals surface area contributed by atoms with Crippen molar-refractivity contribution >= 4 is 17.1 Å². The zero-order chi connectivity index (χ0) is 24.9. The fraction of sp³-hybridized carbons (Fsp3) is 0.469. The maximum absolute atomic E-state index is 13.1. The van der Waals surface area contributed by atoms with Crippen LogP contribution in [0, 0.1) is 23.2 Å². The van der Waals surface area contributed by atoms with Crippen LogP contribution in [-0.2, 0) is 9.53 Å². The highest BCUT2D eigenvalue weighted by Crippen LogP contribution is 2.61. The van der Waals surface area contributed by atoms with E-state index < -0.39 is 5.97 Å². The number of hydrogen-bond donors (Lipinski definition) is 1. The van der Waals surface area contributed by atoms with Crippen LogP contribution in [0.3, 0.4) is 0 Å². The van der Waals surface area contributed by atoms with Crippen LogP contribution >= 0.6 is 0 Å². The van der Waals surface area contributed by atoms with Crippen molar-refractivity contribution in [2.24, 2.45) is 23.2 Å². The summed E-state index contributed by atoms with van der Waals surface area (Å²) < 4.78 is 11.8. The SMILES string of the molecule is CCOC(=O)C1=C(c2ccccc2)c2ccc(OCCC34CC5CC(CC(C5)C3)C4)cc2/C1=C(/C)O. The Bertz CT molecular complexity index is 1200. The van der Waals surface area contributed by atoms with Gasteiger partial charge in [-0.1, -0.05) is 36.4 Å². The average molecular weight is 485 g/mol. The number of fused-ring (bicyclic) bond motifs is 1. The summed E-state index contributed by atoms with van der Waals surface area (Å²) in [4.78, 5) is 13.1. The van der Waals surface area contributed by atoms with E-state index in [2.05, 4.69) is 0 Å². The first-order chi connectivity index (χ1) is 17.5. The summed E-state index contributed by atoms with van der Waals surface area (Å²) in [6.45, 7) is 4.42. The highest BCUT2D eigenvalue weighted by Gasteiger charge is 2.50. The third-order valence-electron chi connectivity index (χ3n) is 9.00. The molecule has 0 heterocycles. The molecule has 0 atom stereocenters. The van der Waals surface area contributed by atoms with Gasteiger partial charge in [-0.2, -0.15) is 0 Å². The van der Waals surface area contributed by atoms with Crippen molar-refractivity contribution < 1.29 is 19.4 Å². The third-order valence-corrected chi connectivity index (χ3v) is 9.00. The van der Waals surface area contributed by atoms with Gasteiger partial charge in [-0.15, -0.1) is 0 Å². The fourth-order valence-corrected chi connectivity index (χ4v) is 8.10. The molecule has 0 amide bonds. The molecular weight excluding hydrogens is 448 g/mol. The first kappa shape index (κ1) is 23.4. The maximum Gasteiger partial charge on any atom is 0.339 e. The predicted octanol–water partition coefficient (Wildman–Crippen LogP) is 7.34. The lowest BCUT2D eigenvalue weighted by Gasteiger charge is -2.57. The summed E-state index contributed by atoms with van der Waals surface area (Å²) in [5.74, 6) is 3.31. The molecule has 7 rings (SSSR count). The van der Waals surface area contributed by atoms with E-state index in [1.165, 1.54) is 38.5 Å². The summed E-state index contributed by atoms with van der Waals surface area (Å²) in [7, 11) is 0. The Morgan fingerprint density at radius 2 is 1.64 bits per heavy atom. The number of carbonyl (C=O) groups is 1. The van der Waals surface area contributed by atoms with Crippen LogP contribution < -0.4 is 4.74 Å². The lowest BCUT2D eigenvalue weighted by molar-refractivity contribution is -0.137. The van der Waals surface area contributed by atoms with Crippen molar-refractivity contribution in [3.05, 3.63) is 76.6 Å². The van der Waals surface area contributed by atoms with Gasteiger partial charge in [0.1, 0.15) is 5.75 Å². The van der Waals surface area contributed by atoms with E-state index in [1.807, 2.05) is 48.5 Å². The van der Waals surface area contributed by atoms with Crippen LogP contribution in [0.5, 0.6) is 5.75 Å². The van der Waals surface area contributed by atoms with Gasteiger partial charge in [-0.3, -0.25) is 0 Å². The van der Waals surface area contributed by atoms with E-state index in [9.17, 15) is 9.90 Å². The maximum atomic E-state index is 13.1. The van der Waals surface area contributed by atoms with Gasteiger partial charge in [0.2, 0.25) is 0 Å². The minimum absolute atomic E-state index is 0.107. The first-order valence-corrected chi connectivity index (χ1v) is 13.6. The Balaban J connectivity index is 1.28. The summed E-state index contributed by atoms with van der Waals surface area (Å²) in [5.41, 5.74) is 4.90. The normalized spacial score (nSPS) is 29.3. The molecule has 2 aromatic carbocycles. The smallest absolute Gasteiger partial charge is 0.339 e. The van der Waals surface area contributed by atoms with Crippen molar-refractivity contribution in [1.82, 2.24) is 0 Å². The van der Waals surface area contributed by atoms with Gasteiger partial charge in [0.15, 0.2) is 0 Å². The number of hydrogen-bond acceptors (Lipinski definition) is 4. The first-order valence-electron chi connectivity index (χ1n) is 13.6. The number of rotatable bonds is 7. The molecule has 4 fully saturated rings. The van der Waals surface area contributed by atoms with E-state index in [0.717, 1.165) is 52.2 Å². The van der Waals surface area contributed by atoms with Crippen LogP contribution in [0.1, 0.15) is 75.5 Å². The minimum Gasteiger partial charge on any atom is -0.512 e. The molecule has 4 saturated carbocycles. The molecule has 36 heavy (non-hydrogen) atoms. The Morgan fingerprint density at radius 1 is 0.972 bits per heavy atom. The molecule has 1 N–H and O–H groups in total. The summed E-state index contributed by atoms with van der Waals surface area (Å²) in [6, 6.07) is 15.9. The highest BCUT2D eigenvalue weighted by atomic mass is 16.5. The predicted molar refractivity (Wildman–Crippen MR) is 141 cm³/mol. The lowest BCUT2D eigenvalue weighted by atomic mass is 9.49. The molecule has 0 unspecified atom stereocenters. The van der Waals surface area contributed by atoms with E-state index in [4.69, 9.17) is 9.47 Å². The number of aliphatic hydroxyl groups excluding tert-OH is 1. The van der Waals surface area contributed by atoms with Gasteiger partial charge in [0, 0.05) is 11.1 Å². The van der Waals surface area contributed by atoms with Gasteiger partial charge in [-0.05, 0) is 111 Å². The second kappa shape index (κ2) is 9.14. The molecule has 4 nitrogen and oxygen atoms in total. The summed E-state index contributed by atoms with van der Waals surface area (Å²) >= 11 is 0. The van der Waals surface area contributed by atoms with E-state index >= 15 is 0 Å². The van der Waals surface area contributed by atoms with Gasteiger partial charge < -0.3 is 14.6 Å². The molecule has 0 aromatic heterocycles. The van der Waals surface area contributed by atoms with Crippen molar-refractivity contribution in [2.75, 3.05) is 13.2 Å². The quantitative estimate of drug-likeness (QED) is 0.330. The van der Waals surface area contributed by atoms with Crippen molar-refractivity contribution in [3.8, 4) is 5.75 Å². The van der Waals surface area contributed by atoms with Gasteiger partial charge >= 0.3 is 5.97 Å². The molecule has 0 saturated heterocycles. The van der Waals surface area contributed by atoms with E-state index in [0.29, 0.717) is 23.2 Å². The van der Waals surface area contributed by atoms with Crippen LogP contribution in [-0.4, -0.2) is 24.3 Å². The summed E-state index contributed by atoms with van der Waals surface area (Å²) in [6.07, 6.45) is 9.65. The molecule has 188 valence electrons. The van der Waals surface area contributed by atoms with Crippen molar-refractivity contribution in [2.45, 2.75) is 58.8 Å². The monoisotopic (exact) mass is 484 g/mol. The van der Waals surface area contributed by atoms with E-state index in [-0.39, 0.29) is 12.4 Å². The summed E-state index contributed by atoms with van der Waals surface area (Å²) in [5, 5.41) is 10.7. The highest BCUT2D eigenvalue weighted by molar-refractivity contribution is 6.21. The molecule has 0 aliphatic heterocycles. The second-order valence-electron chi connectivity index (χ2n) is 11.5. The molecule has 2 aromatic rings. The topological polar surface area (TPSA) is 55.8 Å². The Kier molecular flexibility index (Phi) is 5.94. The van der Waals surface area contributed by atoms with Crippen LogP contribution in [0.2, 0.25) is 0 Å². The lowest BCUT2D eigenvalue weighted by Crippen LogP contribution is -2.46. The van der Waals surface area contributed by atoms with Crippen molar-refractivity contribution in [1.29, 1.82) is 0 Å². The Hall–Kier alpha value is -3.01. The fourth-order valence-electron chi connectivity index (χ4n) is 8.10. The van der Waals surface area contributed by atoms with Gasteiger partial charge in [0.25, 0.3) is 0 Å².